The number of amides is 1. The van der Waals surface area contributed by atoms with E-state index >= 15 is 0 Å². The maximum Gasteiger partial charge on any atom is 0.258 e. The molecule has 1 fully saturated rings. The molecule has 1 aromatic rings. The topological polar surface area (TPSA) is 75.3 Å². The van der Waals surface area contributed by atoms with Gasteiger partial charge in [0.2, 0.25) is 0 Å². The normalized spacial score (nSPS) is 20.0. The first-order valence-corrected chi connectivity index (χ1v) is 9.03. The molecule has 21 heavy (non-hydrogen) atoms. The van der Waals surface area contributed by atoms with Gasteiger partial charge < -0.3 is 5.32 Å². The predicted molar refractivity (Wildman–Crippen MR) is 86.7 cm³/mol. The molecule has 114 valence electrons. The Balaban J connectivity index is 1.95. The Morgan fingerprint density at radius 3 is 2.62 bits per heavy atom. The fourth-order valence-corrected chi connectivity index (χ4v) is 4.40. The Labute approximate surface area is 137 Å². The number of benzene rings is 1. The van der Waals surface area contributed by atoms with Gasteiger partial charge in [0.1, 0.15) is 0 Å². The number of thiocarbonyl (C=S) groups is 1. The summed E-state index contributed by atoms with van der Waals surface area (Å²) in [6.45, 7) is 0. The van der Waals surface area contributed by atoms with Crippen LogP contribution in [0.25, 0.3) is 0 Å². The minimum absolute atomic E-state index is 0.0186. The van der Waals surface area contributed by atoms with Crippen LogP contribution in [0.2, 0.25) is 10.0 Å². The summed E-state index contributed by atoms with van der Waals surface area (Å²) in [5.74, 6) is -0.329. The smallest absolute Gasteiger partial charge is 0.258 e. The van der Waals surface area contributed by atoms with Crippen molar-refractivity contribution in [1.29, 1.82) is 0 Å². The van der Waals surface area contributed by atoms with Gasteiger partial charge in [-0.2, -0.15) is 0 Å². The van der Waals surface area contributed by atoms with Gasteiger partial charge in [-0.15, -0.1) is 0 Å². The second kappa shape index (κ2) is 6.48. The van der Waals surface area contributed by atoms with Gasteiger partial charge in [-0.25, -0.2) is 8.42 Å². The summed E-state index contributed by atoms with van der Waals surface area (Å²) in [5.41, 5.74) is 0.240. The van der Waals surface area contributed by atoms with Crippen LogP contribution in [0.15, 0.2) is 18.2 Å². The van der Waals surface area contributed by atoms with Crippen molar-refractivity contribution in [2.75, 3.05) is 11.5 Å². The monoisotopic (exact) mass is 366 g/mol. The number of sulfone groups is 1. The highest BCUT2D eigenvalue weighted by Gasteiger charge is 2.28. The zero-order valence-corrected chi connectivity index (χ0v) is 13.9. The Kier molecular flexibility index (Phi) is 5.08. The van der Waals surface area contributed by atoms with Crippen molar-refractivity contribution < 1.29 is 13.2 Å². The maximum absolute atomic E-state index is 12.0. The molecule has 2 N–H and O–H groups in total. The molecule has 0 spiro atoms. The van der Waals surface area contributed by atoms with Gasteiger partial charge >= 0.3 is 0 Å². The average Bonchev–Trinajstić information content (AvgIpc) is 2.67. The van der Waals surface area contributed by atoms with E-state index in [-0.39, 0.29) is 33.2 Å². The van der Waals surface area contributed by atoms with Gasteiger partial charge in [0.05, 0.1) is 22.1 Å². The number of hydrogen-bond donors (Lipinski definition) is 2. The van der Waals surface area contributed by atoms with Crippen LogP contribution in [0.5, 0.6) is 0 Å². The molecule has 0 bridgehead atoms. The van der Waals surface area contributed by atoms with E-state index in [1.807, 2.05) is 0 Å². The molecule has 9 heteroatoms. The quantitative estimate of drug-likeness (QED) is 0.780. The molecular weight excluding hydrogens is 355 g/mol. The Morgan fingerprint density at radius 1 is 1.33 bits per heavy atom. The zero-order chi connectivity index (χ0) is 15.6. The molecule has 1 aliphatic rings. The number of carbonyl (C=O) groups is 1. The second-order valence-electron chi connectivity index (χ2n) is 4.65. The summed E-state index contributed by atoms with van der Waals surface area (Å²) in [6, 6.07) is 4.21. The largest absolute Gasteiger partial charge is 0.359 e. The van der Waals surface area contributed by atoms with E-state index in [4.69, 9.17) is 35.4 Å². The molecule has 5 nitrogen and oxygen atoms in total. The third-order valence-corrected chi connectivity index (χ3v) is 5.51. The minimum Gasteiger partial charge on any atom is -0.359 e. The lowest BCUT2D eigenvalue weighted by Gasteiger charge is -2.14. The molecule has 0 radical (unpaired) electrons. The second-order valence-corrected chi connectivity index (χ2v) is 8.13. The third-order valence-electron chi connectivity index (χ3n) is 2.97. The van der Waals surface area contributed by atoms with E-state index in [2.05, 4.69) is 10.6 Å². The zero-order valence-electron chi connectivity index (χ0n) is 10.7. The van der Waals surface area contributed by atoms with Crippen molar-refractivity contribution in [1.82, 2.24) is 10.6 Å². The molecule has 1 unspecified atom stereocenters. The number of hydrogen-bond acceptors (Lipinski definition) is 4. The van der Waals surface area contributed by atoms with Crippen molar-refractivity contribution in [3.05, 3.63) is 33.8 Å². The lowest BCUT2D eigenvalue weighted by atomic mass is 10.2. The van der Waals surface area contributed by atoms with E-state index in [1.165, 1.54) is 12.1 Å². The summed E-state index contributed by atoms with van der Waals surface area (Å²) >= 11 is 16.7. The molecule has 0 saturated carbocycles. The Bertz CT molecular complexity index is 692. The molecule has 1 atom stereocenters. The van der Waals surface area contributed by atoms with E-state index in [1.54, 1.807) is 6.07 Å². The maximum atomic E-state index is 12.0. The summed E-state index contributed by atoms with van der Waals surface area (Å²) in [5, 5.41) is 6.00. The number of rotatable bonds is 2. The molecule has 1 aromatic carbocycles. The van der Waals surface area contributed by atoms with E-state index < -0.39 is 15.7 Å². The van der Waals surface area contributed by atoms with Crippen molar-refractivity contribution in [2.24, 2.45) is 0 Å². The van der Waals surface area contributed by atoms with Crippen LogP contribution in [0, 0.1) is 0 Å². The first-order valence-electron chi connectivity index (χ1n) is 6.04. The SMILES string of the molecule is O=C(NC(=S)NC1CCS(=O)(=O)C1)c1ccc(Cl)cc1Cl. The van der Waals surface area contributed by atoms with Gasteiger partial charge in [-0.1, -0.05) is 23.2 Å². The number of nitrogens with one attached hydrogen (secondary N) is 2. The van der Waals surface area contributed by atoms with Gasteiger partial charge in [-0.3, -0.25) is 10.1 Å². The van der Waals surface area contributed by atoms with Crippen molar-refractivity contribution in [3.8, 4) is 0 Å². The number of halogens is 2. The lowest BCUT2D eigenvalue weighted by molar-refractivity contribution is 0.0976. The fraction of sp³-hybridized carbons (Fsp3) is 0.333. The van der Waals surface area contributed by atoms with Gasteiger partial charge in [0, 0.05) is 11.1 Å². The summed E-state index contributed by atoms with van der Waals surface area (Å²) in [4.78, 5) is 12.0. The highest BCUT2D eigenvalue weighted by molar-refractivity contribution is 7.91. The molecule has 1 heterocycles. The fourth-order valence-electron chi connectivity index (χ4n) is 1.97. The lowest BCUT2D eigenvalue weighted by Crippen LogP contribution is -2.44. The summed E-state index contributed by atoms with van der Waals surface area (Å²) in [7, 11) is -3.00. The average molecular weight is 367 g/mol. The highest BCUT2D eigenvalue weighted by Crippen LogP contribution is 2.20. The van der Waals surface area contributed by atoms with Crippen LogP contribution in [0.4, 0.5) is 0 Å². The first kappa shape index (κ1) is 16.5. The van der Waals surface area contributed by atoms with Crippen molar-refractivity contribution in [3.63, 3.8) is 0 Å². The Hall–Kier alpha value is -0.890. The molecule has 0 aromatic heterocycles. The number of carbonyl (C=O) groups excluding carboxylic acids is 1. The van der Waals surface area contributed by atoms with Gasteiger partial charge in [-0.05, 0) is 36.8 Å². The molecule has 0 aliphatic carbocycles. The van der Waals surface area contributed by atoms with Gasteiger partial charge in [0.15, 0.2) is 14.9 Å². The van der Waals surface area contributed by atoms with E-state index in [0.717, 1.165) is 0 Å². The third kappa shape index (κ3) is 4.54. The predicted octanol–water partition coefficient (Wildman–Crippen LogP) is 1.78. The molecule has 2 rings (SSSR count). The van der Waals surface area contributed by atoms with Crippen LogP contribution < -0.4 is 10.6 Å². The van der Waals surface area contributed by atoms with Gasteiger partial charge in [0.25, 0.3) is 5.91 Å². The molecule has 1 saturated heterocycles. The Morgan fingerprint density at radius 2 is 2.05 bits per heavy atom. The van der Waals surface area contributed by atoms with E-state index in [9.17, 15) is 13.2 Å². The highest BCUT2D eigenvalue weighted by atomic mass is 35.5. The standard InChI is InChI=1S/C12H12Cl2N2O3S2/c13-7-1-2-9(10(14)5-7)11(17)16-12(20)15-8-3-4-21(18,19)6-8/h1-2,5,8H,3-4,6H2,(H2,15,16,17,20). The minimum atomic E-state index is -3.00. The molecular formula is C12H12Cl2N2O3S2. The van der Waals surface area contributed by atoms with Crippen LogP contribution in [-0.2, 0) is 9.84 Å². The molecule has 1 aliphatic heterocycles. The van der Waals surface area contributed by atoms with Crippen molar-refractivity contribution >= 4 is 56.3 Å². The summed E-state index contributed by atoms with van der Waals surface area (Å²) < 4.78 is 22.7. The van der Waals surface area contributed by atoms with Crippen LogP contribution >= 0.6 is 35.4 Å². The van der Waals surface area contributed by atoms with Crippen LogP contribution in [0.1, 0.15) is 16.8 Å². The molecule has 1 amide bonds. The summed E-state index contributed by atoms with van der Waals surface area (Å²) in [6.07, 6.45) is 0.472. The van der Waals surface area contributed by atoms with E-state index in [0.29, 0.717) is 11.4 Å². The van der Waals surface area contributed by atoms with Crippen molar-refractivity contribution in [2.45, 2.75) is 12.5 Å². The first-order chi connectivity index (χ1) is 9.77. The van der Waals surface area contributed by atoms with Crippen LogP contribution in [-0.4, -0.2) is 37.0 Å². The van der Waals surface area contributed by atoms with Crippen LogP contribution in [0.3, 0.4) is 0 Å².